The molecule has 0 aliphatic heterocycles. The summed E-state index contributed by atoms with van der Waals surface area (Å²) in [6.45, 7) is 11.8. The van der Waals surface area contributed by atoms with E-state index in [0.29, 0.717) is 0 Å². The summed E-state index contributed by atoms with van der Waals surface area (Å²) >= 11 is 0. The predicted molar refractivity (Wildman–Crippen MR) is 78.4 cm³/mol. The fraction of sp³-hybridized carbons (Fsp3) is 0.625. The first-order chi connectivity index (χ1) is 8.32. The van der Waals surface area contributed by atoms with E-state index in [-0.39, 0.29) is 5.41 Å². The quantitative estimate of drug-likeness (QED) is 0.866. The number of rotatable bonds is 5. The van der Waals surface area contributed by atoms with Gasteiger partial charge in [0.25, 0.3) is 0 Å². The van der Waals surface area contributed by atoms with Gasteiger partial charge in [0.2, 0.25) is 0 Å². The van der Waals surface area contributed by atoms with E-state index in [1.165, 1.54) is 22.3 Å². The van der Waals surface area contributed by atoms with Crippen LogP contribution in [-0.4, -0.2) is 13.7 Å². The molecule has 0 heterocycles. The standard InChI is InChI=1S/C16H27NO/c1-11-9-15(18-6)13(3)12(2)14(11)10-16(4,5)7-8-17/h9H,7-8,10,17H2,1-6H3. The van der Waals surface area contributed by atoms with Gasteiger partial charge >= 0.3 is 0 Å². The minimum Gasteiger partial charge on any atom is -0.496 e. The van der Waals surface area contributed by atoms with Crippen molar-refractivity contribution in [2.24, 2.45) is 11.1 Å². The number of aryl methyl sites for hydroxylation is 1. The zero-order chi connectivity index (χ0) is 13.9. The molecule has 2 nitrogen and oxygen atoms in total. The first-order valence-electron chi connectivity index (χ1n) is 6.66. The molecular formula is C16H27NO. The van der Waals surface area contributed by atoms with Crippen LogP contribution in [0.5, 0.6) is 5.75 Å². The molecule has 0 unspecified atom stereocenters. The Balaban J connectivity index is 3.14. The number of benzene rings is 1. The highest BCUT2D eigenvalue weighted by molar-refractivity contribution is 5.48. The molecule has 1 aromatic rings. The lowest BCUT2D eigenvalue weighted by atomic mass is 9.79. The van der Waals surface area contributed by atoms with Gasteiger partial charge in [-0.1, -0.05) is 13.8 Å². The Morgan fingerprint density at radius 3 is 2.28 bits per heavy atom. The van der Waals surface area contributed by atoms with Gasteiger partial charge in [-0.2, -0.15) is 0 Å². The topological polar surface area (TPSA) is 35.2 Å². The molecule has 0 spiro atoms. The second kappa shape index (κ2) is 5.75. The molecule has 0 radical (unpaired) electrons. The summed E-state index contributed by atoms with van der Waals surface area (Å²) in [7, 11) is 1.74. The van der Waals surface area contributed by atoms with E-state index in [1.54, 1.807) is 7.11 Å². The largest absolute Gasteiger partial charge is 0.496 e. The van der Waals surface area contributed by atoms with Crippen LogP contribution in [0.15, 0.2) is 6.07 Å². The number of methoxy groups -OCH3 is 1. The summed E-state index contributed by atoms with van der Waals surface area (Å²) in [5.74, 6) is 0.991. The van der Waals surface area contributed by atoms with Crippen molar-refractivity contribution in [1.82, 2.24) is 0 Å². The van der Waals surface area contributed by atoms with Crippen LogP contribution >= 0.6 is 0 Å². The van der Waals surface area contributed by atoms with Crippen LogP contribution in [0.25, 0.3) is 0 Å². The van der Waals surface area contributed by atoms with Gasteiger partial charge in [-0.25, -0.2) is 0 Å². The zero-order valence-corrected chi connectivity index (χ0v) is 12.7. The molecule has 102 valence electrons. The minimum absolute atomic E-state index is 0.255. The summed E-state index contributed by atoms with van der Waals surface area (Å²) in [4.78, 5) is 0. The fourth-order valence-electron chi connectivity index (χ4n) is 2.54. The van der Waals surface area contributed by atoms with E-state index in [2.05, 4.69) is 40.7 Å². The van der Waals surface area contributed by atoms with E-state index in [9.17, 15) is 0 Å². The van der Waals surface area contributed by atoms with E-state index >= 15 is 0 Å². The van der Waals surface area contributed by atoms with Crippen molar-refractivity contribution in [2.75, 3.05) is 13.7 Å². The summed E-state index contributed by atoms with van der Waals surface area (Å²) < 4.78 is 5.42. The average Bonchev–Trinajstić information content (AvgIpc) is 2.29. The van der Waals surface area contributed by atoms with Gasteiger partial charge in [0, 0.05) is 0 Å². The number of hydrogen-bond acceptors (Lipinski definition) is 2. The number of nitrogens with two attached hydrogens (primary N) is 1. The number of ether oxygens (including phenoxy) is 1. The first kappa shape index (κ1) is 15.0. The van der Waals surface area contributed by atoms with Crippen molar-refractivity contribution < 1.29 is 4.74 Å². The molecule has 1 rings (SSSR count). The summed E-state index contributed by atoms with van der Waals surface area (Å²) in [5, 5.41) is 0. The smallest absolute Gasteiger partial charge is 0.122 e. The van der Waals surface area contributed by atoms with E-state index in [0.717, 1.165) is 25.1 Å². The molecule has 1 aromatic carbocycles. The van der Waals surface area contributed by atoms with Crippen molar-refractivity contribution in [2.45, 2.75) is 47.5 Å². The second-order valence-corrected chi connectivity index (χ2v) is 6.00. The normalized spacial score (nSPS) is 11.7. The highest BCUT2D eigenvalue weighted by atomic mass is 16.5. The van der Waals surface area contributed by atoms with Gasteiger partial charge in [-0.15, -0.1) is 0 Å². The van der Waals surface area contributed by atoms with Gasteiger partial charge in [0.05, 0.1) is 7.11 Å². The lowest BCUT2D eigenvalue weighted by molar-refractivity contribution is 0.337. The average molecular weight is 249 g/mol. The van der Waals surface area contributed by atoms with Crippen molar-refractivity contribution in [3.63, 3.8) is 0 Å². The molecule has 0 saturated carbocycles. The van der Waals surface area contributed by atoms with E-state index in [4.69, 9.17) is 10.5 Å². The Bertz CT molecular complexity index is 422. The van der Waals surface area contributed by atoms with Crippen LogP contribution in [0, 0.1) is 26.2 Å². The van der Waals surface area contributed by atoms with Crippen LogP contribution in [0.2, 0.25) is 0 Å². The fourth-order valence-corrected chi connectivity index (χ4v) is 2.54. The SMILES string of the molecule is COc1cc(C)c(CC(C)(C)CCN)c(C)c1C. The van der Waals surface area contributed by atoms with Crippen molar-refractivity contribution in [3.8, 4) is 5.75 Å². The molecule has 0 atom stereocenters. The molecule has 0 aliphatic carbocycles. The Kier molecular flexibility index (Phi) is 4.80. The third kappa shape index (κ3) is 3.26. The highest BCUT2D eigenvalue weighted by Crippen LogP contribution is 2.33. The van der Waals surface area contributed by atoms with Crippen LogP contribution < -0.4 is 10.5 Å². The molecule has 2 heteroatoms. The highest BCUT2D eigenvalue weighted by Gasteiger charge is 2.21. The van der Waals surface area contributed by atoms with Gasteiger partial charge < -0.3 is 10.5 Å². The maximum atomic E-state index is 5.70. The number of hydrogen-bond donors (Lipinski definition) is 1. The molecular weight excluding hydrogens is 222 g/mol. The van der Waals surface area contributed by atoms with Crippen molar-refractivity contribution >= 4 is 0 Å². The zero-order valence-electron chi connectivity index (χ0n) is 12.7. The molecule has 0 bridgehead atoms. The lowest BCUT2D eigenvalue weighted by Gasteiger charge is -2.27. The molecule has 0 fully saturated rings. The van der Waals surface area contributed by atoms with Gasteiger partial charge in [0.15, 0.2) is 0 Å². The summed E-state index contributed by atoms with van der Waals surface area (Å²) in [6, 6.07) is 2.15. The molecule has 18 heavy (non-hydrogen) atoms. The minimum atomic E-state index is 0.255. The first-order valence-corrected chi connectivity index (χ1v) is 6.66. The van der Waals surface area contributed by atoms with Crippen LogP contribution in [0.3, 0.4) is 0 Å². The van der Waals surface area contributed by atoms with Crippen molar-refractivity contribution in [1.29, 1.82) is 0 Å². The maximum Gasteiger partial charge on any atom is 0.122 e. The van der Waals surface area contributed by atoms with Gasteiger partial charge in [0.1, 0.15) is 5.75 Å². The van der Waals surface area contributed by atoms with Crippen molar-refractivity contribution in [3.05, 3.63) is 28.3 Å². The summed E-state index contributed by atoms with van der Waals surface area (Å²) in [5.41, 5.74) is 11.3. The lowest BCUT2D eigenvalue weighted by Crippen LogP contribution is -2.21. The third-order valence-electron chi connectivity index (χ3n) is 3.90. The Morgan fingerprint density at radius 1 is 1.17 bits per heavy atom. The molecule has 0 amide bonds. The van der Waals surface area contributed by atoms with Crippen LogP contribution in [0.4, 0.5) is 0 Å². The summed E-state index contributed by atoms with van der Waals surface area (Å²) in [6.07, 6.45) is 2.13. The molecule has 0 aromatic heterocycles. The Hall–Kier alpha value is -1.02. The van der Waals surface area contributed by atoms with E-state index < -0.39 is 0 Å². The third-order valence-corrected chi connectivity index (χ3v) is 3.90. The van der Waals surface area contributed by atoms with E-state index in [1.807, 2.05) is 0 Å². The second-order valence-electron chi connectivity index (χ2n) is 6.00. The van der Waals surface area contributed by atoms with Gasteiger partial charge in [-0.05, 0) is 73.9 Å². The molecule has 2 N–H and O–H groups in total. The predicted octanol–water partition coefficient (Wildman–Crippen LogP) is 3.54. The Labute approximate surface area is 112 Å². The van der Waals surface area contributed by atoms with Crippen LogP contribution in [0.1, 0.15) is 42.5 Å². The van der Waals surface area contributed by atoms with Gasteiger partial charge in [-0.3, -0.25) is 0 Å². The maximum absolute atomic E-state index is 5.70. The van der Waals surface area contributed by atoms with Crippen LogP contribution in [-0.2, 0) is 6.42 Å². The monoisotopic (exact) mass is 249 g/mol. The molecule has 0 aliphatic rings. The molecule has 0 saturated heterocycles. The Morgan fingerprint density at radius 2 is 1.78 bits per heavy atom.